The minimum atomic E-state index is -0.641. The van der Waals surface area contributed by atoms with Gasteiger partial charge < -0.3 is 5.73 Å². The number of nitrogens with two attached hydrogens (primary N) is 1. The Morgan fingerprint density at radius 3 is 2.47 bits per heavy atom. The number of halogens is 1. The highest BCUT2D eigenvalue weighted by atomic mass is 19.1. The summed E-state index contributed by atoms with van der Waals surface area (Å²) in [7, 11) is 0. The SMILES string of the molecule is CCC(N)(c1cccc(F)c1)c1cc(C)ccc1C. The molecule has 2 rings (SSSR count). The fourth-order valence-corrected chi connectivity index (χ4v) is 2.53. The molecule has 2 heteroatoms. The Labute approximate surface area is 114 Å². The van der Waals surface area contributed by atoms with Crippen LogP contribution in [0.1, 0.15) is 35.6 Å². The van der Waals surface area contributed by atoms with Crippen molar-refractivity contribution in [2.45, 2.75) is 32.7 Å². The van der Waals surface area contributed by atoms with E-state index in [2.05, 4.69) is 18.2 Å². The molecule has 0 radical (unpaired) electrons. The average Bonchev–Trinajstić information content (AvgIpc) is 2.40. The van der Waals surface area contributed by atoms with E-state index in [0.717, 1.165) is 23.1 Å². The summed E-state index contributed by atoms with van der Waals surface area (Å²) in [6.45, 7) is 6.13. The van der Waals surface area contributed by atoms with E-state index in [1.807, 2.05) is 26.8 Å². The van der Waals surface area contributed by atoms with Crippen molar-refractivity contribution in [1.82, 2.24) is 0 Å². The van der Waals surface area contributed by atoms with Crippen LogP contribution in [0.25, 0.3) is 0 Å². The molecular formula is C17H20FN. The predicted octanol–water partition coefficient (Wildman–Crippen LogP) is 4.05. The van der Waals surface area contributed by atoms with Crippen molar-refractivity contribution in [3.63, 3.8) is 0 Å². The molecule has 0 aliphatic rings. The van der Waals surface area contributed by atoms with E-state index in [0.29, 0.717) is 0 Å². The number of rotatable bonds is 3. The van der Waals surface area contributed by atoms with E-state index in [4.69, 9.17) is 5.73 Å². The molecular weight excluding hydrogens is 237 g/mol. The van der Waals surface area contributed by atoms with Crippen LogP contribution in [0.2, 0.25) is 0 Å². The standard InChI is InChI=1S/C17H20FN/c1-4-17(19,14-6-5-7-15(18)11-14)16-10-12(2)8-9-13(16)3/h5-11H,4,19H2,1-3H3. The highest BCUT2D eigenvalue weighted by molar-refractivity contribution is 5.43. The summed E-state index contributed by atoms with van der Waals surface area (Å²) in [6.07, 6.45) is 0.723. The largest absolute Gasteiger partial charge is 0.318 e. The van der Waals surface area contributed by atoms with Gasteiger partial charge in [0.25, 0.3) is 0 Å². The normalized spacial score (nSPS) is 14.2. The van der Waals surface area contributed by atoms with Gasteiger partial charge in [-0.15, -0.1) is 0 Å². The molecule has 0 aromatic heterocycles. The fraction of sp³-hybridized carbons (Fsp3) is 0.294. The zero-order chi connectivity index (χ0) is 14.0. The van der Waals surface area contributed by atoms with Gasteiger partial charge in [0.2, 0.25) is 0 Å². The Balaban J connectivity index is 2.62. The third-order valence-corrected chi connectivity index (χ3v) is 3.77. The smallest absolute Gasteiger partial charge is 0.123 e. The number of benzene rings is 2. The van der Waals surface area contributed by atoms with Crippen molar-refractivity contribution in [2.24, 2.45) is 5.73 Å². The molecule has 1 nitrogen and oxygen atoms in total. The van der Waals surface area contributed by atoms with Gasteiger partial charge in [0.05, 0.1) is 5.54 Å². The van der Waals surface area contributed by atoms with Gasteiger partial charge in [0, 0.05) is 0 Å². The molecule has 0 aliphatic carbocycles. The lowest BCUT2D eigenvalue weighted by Crippen LogP contribution is -2.38. The first kappa shape index (κ1) is 13.8. The van der Waals surface area contributed by atoms with Crippen LogP contribution in [-0.2, 0) is 5.54 Å². The van der Waals surface area contributed by atoms with E-state index >= 15 is 0 Å². The Kier molecular flexibility index (Phi) is 3.72. The highest BCUT2D eigenvalue weighted by Gasteiger charge is 2.29. The Morgan fingerprint density at radius 2 is 1.84 bits per heavy atom. The first-order chi connectivity index (χ1) is 8.97. The molecule has 19 heavy (non-hydrogen) atoms. The first-order valence-electron chi connectivity index (χ1n) is 6.60. The maximum atomic E-state index is 13.5. The van der Waals surface area contributed by atoms with Crippen LogP contribution in [0.3, 0.4) is 0 Å². The van der Waals surface area contributed by atoms with Gasteiger partial charge in [-0.25, -0.2) is 4.39 Å². The van der Waals surface area contributed by atoms with Gasteiger partial charge in [0.1, 0.15) is 5.82 Å². The Bertz CT molecular complexity index is 592. The van der Waals surface area contributed by atoms with Crippen molar-refractivity contribution in [3.8, 4) is 0 Å². The van der Waals surface area contributed by atoms with Crippen molar-refractivity contribution >= 4 is 0 Å². The summed E-state index contributed by atoms with van der Waals surface area (Å²) in [4.78, 5) is 0. The summed E-state index contributed by atoms with van der Waals surface area (Å²) in [5, 5.41) is 0. The molecule has 0 saturated carbocycles. The van der Waals surface area contributed by atoms with Crippen molar-refractivity contribution in [2.75, 3.05) is 0 Å². The molecule has 2 N–H and O–H groups in total. The van der Waals surface area contributed by atoms with Gasteiger partial charge >= 0.3 is 0 Å². The maximum absolute atomic E-state index is 13.5. The zero-order valence-electron chi connectivity index (χ0n) is 11.7. The van der Waals surface area contributed by atoms with Gasteiger partial charge in [-0.2, -0.15) is 0 Å². The maximum Gasteiger partial charge on any atom is 0.123 e. The average molecular weight is 257 g/mol. The van der Waals surface area contributed by atoms with E-state index in [1.54, 1.807) is 6.07 Å². The van der Waals surface area contributed by atoms with Crippen LogP contribution in [0.15, 0.2) is 42.5 Å². The van der Waals surface area contributed by atoms with Crippen molar-refractivity contribution < 1.29 is 4.39 Å². The molecule has 2 aromatic rings. The summed E-state index contributed by atoms with van der Waals surface area (Å²) < 4.78 is 13.5. The molecule has 0 saturated heterocycles. The third kappa shape index (κ3) is 2.54. The second-order valence-electron chi connectivity index (χ2n) is 5.15. The monoisotopic (exact) mass is 257 g/mol. The van der Waals surface area contributed by atoms with Crippen LogP contribution in [0, 0.1) is 19.7 Å². The second-order valence-corrected chi connectivity index (χ2v) is 5.15. The summed E-state index contributed by atoms with van der Waals surface area (Å²) in [5.41, 5.74) is 10.2. The van der Waals surface area contributed by atoms with Crippen LogP contribution in [0.4, 0.5) is 4.39 Å². The molecule has 1 atom stereocenters. The van der Waals surface area contributed by atoms with Crippen molar-refractivity contribution in [3.05, 3.63) is 70.5 Å². The van der Waals surface area contributed by atoms with Gasteiger partial charge in [-0.3, -0.25) is 0 Å². The molecule has 100 valence electrons. The molecule has 0 heterocycles. The van der Waals surface area contributed by atoms with Crippen molar-refractivity contribution in [1.29, 1.82) is 0 Å². The highest BCUT2D eigenvalue weighted by Crippen LogP contribution is 2.33. The van der Waals surface area contributed by atoms with Crippen LogP contribution >= 0.6 is 0 Å². The first-order valence-corrected chi connectivity index (χ1v) is 6.60. The quantitative estimate of drug-likeness (QED) is 0.881. The van der Waals surface area contributed by atoms with E-state index in [9.17, 15) is 4.39 Å². The third-order valence-electron chi connectivity index (χ3n) is 3.77. The van der Waals surface area contributed by atoms with Crippen LogP contribution < -0.4 is 5.73 Å². The summed E-state index contributed by atoms with van der Waals surface area (Å²) in [5.74, 6) is -0.244. The van der Waals surface area contributed by atoms with E-state index in [-0.39, 0.29) is 5.82 Å². The lowest BCUT2D eigenvalue weighted by Gasteiger charge is -2.31. The summed E-state index contributed by atoms with van der Waals surface area (Å²) in [6, 6.07) is 12.8. The molecule has 0 bridgehead atoms. The Hall–Kier alpha value is -1.67. The molecule has 0 amide bonds. The number of aryl methyl sites for hydroxylation is 2. The lowest BCUT2D eigenvalue weighted by atomic mass is 9.79. The number of hydrogen-bond acceptors (Lipinski definition) is 1. The Morgan fingerprint density at radius 1 is 1.11 bits per heavy atom. The molecule has 0 fully saturated rings. The van der Waals surface area contributed by atoms with Gasteiger partial charge in [-0.1, -0.05) is 42.8 Å². The molecule has 2 aromatic carbocycles. The molecule has 0 spiro atoms. The second kappa shape index (κ2) is 5.14. The van der Waals surface area contributed by atoms with Crippen LogP contribution in [-0.4, -0.2) is 0 Å². The minimum Gasteiger partial charge on any atom is -0.318 e. The molecule has 1 unspecified atom stereocenters. The summed E-state index contributed by atoms with van der Waals surface area (Å²) >= 11 is 0. The van der Waals surface area contributed by atoms with Crippen LogP contribution in [0.5, 0.6) is 0 Å². The zero-order valence-corrected chi connectivity index (χ0v) is 11.7. The predicted molar refractivity (Wildman–Crippen MR) is 77.6 cm³/mol. The number of hydrogen-bond donors (Lipinski definition) is 1. The minimum absolute atomic E-state index is 0.244. The van der Waals surface area contributed by atoms with Gasteiger partial charge in [0.15, 0.2) is 0 Å². The molecule has 0 aliphatic heterocycles. The van der Waals surface area contributed by atoms with Gasteiger partial charge in [-0.05, 0) is 49.1 Å². The fourth-order valence-electron chi connectivity index (χ4n) is 2.53. The van der Waals surface area contributed by atoms with E-state index < -0.39 is 5.54 Å². The topological polar surface area (TPSA) is 26.0 Å². The van der Waals surface area contributed by atoms with E-state index in [1.165, 1.54) is 17.7 Å². The lowest BCUT2D eigenvalue weighted by molar-refractivity contribution is 0.509.